The first-order valence-corrected chi connectivity index (χ1v) is 4.47. The van der Waals surface area contributed by atoms with Crippen LogP contribution in [0.4, 0.5) is 0 Å². The Balaban J connectivity index is 3.66. The predicted molar refractivity (Wildman–Crippen MR) is 55.1 cm³/mol. The van der Waals surface area contributed by atoms with E-state index in [0.717, 1.165) is 19.6 Å². The minimum absolute atomic E-state index is 0.460. The summed E-state index contributed by atoms with van der Waals surface area (Å²) >= 11 is 0. The van der Waals surface area contributed by atoms with E-state index in [4.69, 9.17) is 0 Å². The van der Waals surface area contributed by atoms with Gasteiger partial charge in [-0.1, -0.05) is 19.6 Å². The van der Waals surface area contributed by atoms with Gasteiger partial charge in [0, 0.05) is 19.1 Å². The van der Waals surface area contributed by atoms with Crippen LogP contribution in [0.1, 0.15) is 13.8 Å². The van der Waals surface area contributed by atoms with Gasteiger partial charge in [0.05, 0.1) is 0 Å². The van der Waals surface area contributed by atoms with Gasteiger partial charge in [0.15, 0.2) is 0 Å². The molecule has 0 radical (unpaired) electrons. The first kappa shape index (κ1) is 11.2. The summed E-state index contributed by atoms with van der Waals surface area (Å²) in [6.07, 6.45) is 3.70. The van der Waals surface area contributed by atoms with E-state index < -0.39 is 0 Å². The van der Waals surface area contributed by atoms with Crippen molar-refractivity contribution in [2.45, 2.75) is 19.9 Å². The van der Waals surface area contributed by atoms with E-state index in [0.29, 0.717) is 6.04 Å². The van der Waals surface area contributed by atoms with Crippen molar-refractivity contribution in [3.05, 3.63) is 25.4 Å². The van der Waals surface area contributed by atoms with Crippen LogP contribution in [0.3, 0.4) is 0 Å². The normalized spacial score (nSPS) is 12.6. The molecule has 0 saturated heterocycles. The van der Waals surface area contributed by atoms with Gasteiger partial charge >= 0.3 is 0 Å². The summed E-state index contributed by atoms with van der Waals surface area (Å²) < 4.78 is 0. The minimum atomic E-state index is 0.460. The van der Waals surface area contributed by atoms with Gasteiger partial charge in [-0.2, -0.15) is 0 Å². The van der Waals surface area contributed by atoms with Crippen molar-refractivity contribution in [3.63, 3.8) is 0 Å². The zero-order chi connectivity index (χ0) is 9.40. The highest BCUT2D eigenvalue weighted by Gasteiger charge is 2.06. The van der Waals surface area contributed by atoms with Gasteiger partial charge in [-0.15, -0.1) is 6.58 Å². The zero-order valence-corrected chi connectivity index (χ0v) is 8.21. The van der Waals surface area contributed by atoms with Crippen LogP contribution in [-0.2, 0) is 0 Å². The fraction of sp³-hybridized carbons (Fsp3) is 0.600. The quantitative estimate of drug-likeness (QED) is 0.459. The van der Waals surface area contributed by atoms with Crippen LogP contribution in [0.25, 0.3) is 0 Å². The second kappa shape index (κ2) is 6.92. The molecule has 0 aromatic carbocycles. The lowest BCUT2D eigenvalue weighted by atomic mass is 10.3. The van der Waals surface area contributed by atoms with Gasteiger partial charge in [0.1, 0.15) is 0 Å². The molecule has 0 rings (SSSR count). The smallest absolute Gasteiger partial charge is 0.0269 e. The van der Waals surface area contributed by atoms with Gasteiger partial charge < -0.3 is 5.32 Å². The summed E-state index contributed by atoms with van der Waals surface area (Å²) in [5.74, 6) is 0. The first-order valence-electron chi connectivity index (χ1n) is 4.47. The average Bonchev–Trinajstić information content (AvgIpc) is 2.11. The van der Waals surface area contributed by atoms with Crippen molar-refractivity contribution in [1.29, 1.82) is 0 Å². The number of nitrogens with zero attached hydrogens (tertiary/aromatic N) is 1. The fourth-order valence-corrected chi connectivity index (χ4v) is 1.11. The van der Waals surface area contributed by atoms with Crippen molar-refractivity contribution >= 4 is 0 Å². The number of hydrogen-bond acceptors (Lipinski definition) is 2. The van der Waals surface area contributed by atoms with Gasteiger partial charge in [0.25, 0.3) is 0 Å². The van der Waals surface area contributed by atoms with E-state index in [2.05, 4.69) is 37.2 Å². The molecule has 0 aliphatic rings. The van der Waals surface area contributed by atoms with E-state index in [1.165, 1.54) is 0 Å². The predicted octanol–water partition coefficient (Wildman–Crippen LogP) is 1.62. The monoisotopic (exact) mass is 168 g/mol. The highest BCUT2D eigenvalue weighted by molar-refractivity contribution is 4.84. The molecular weight excluding hydrogens is 148 g/mol. The second-order valence-electron chi connectivity index (χ2n) is 2.76. The highest BCUT2D eigenvalue weighted by atomic mass is 15.2. The Hall–Kier alpha value is -0.760. The van der Waals surface area contributed by atoms with Crippen molar-refractivity contribution in [2.24, 2.45) is 0 Å². The molecule has 2 nitrogen and oxygen atoms in total. The molecule has 0 aliphatic heterocycles. The second-order valence-corrected chi connectivity index (χ2v) is 2.76. The third-order valence-corrected chi connectivity index (χ3v) is 2.01. The molecule has 1 unspecified atom stereocenters. The Morgan fingerprint density at radius 3 is 2.58 bits per heavy atom. The number of rotatable bonds is 7. The number of hydrogen-bond donors (Lipinski definition) is 1. The van der Waals surface area contributed by atoms with Gasteiger partial charge in [0.2, 0.25) is 0 Å². The van der Waals surface area contributed by atoms with Crippen LogP contribution >= 0.6 is 0 Å². The van der Waals surface area contributed by atoms with Gasteiger partial charge in [-0.3, -0.25) is 4.90 Å². The topological polar surface area (TPSA) is 15.3 Å². The Morgan fingerprint density at radius 2 is 2.17 bits per heavy atom. The highest BCUT2D eigenvalue weighted by Crippen LogP contribution is 1.97. The maximum atomic E-state index is 3.78. The average molecular weight is 168 g/mol. The third-order valence-electron chi connectivity index (χ3n) is 2.01. The SMILES string of the molecule is C=CNCCN(CC)C(C)C=C. The van der Waals surface area contributed by atoms with Crippen molar-refractivity contribution in [3.8, 4) is 0 Å². The molecular formula is C10H20N2. The lowest BCUT2D eigenvalue weighted by molar-refractivity contribution is 0.257. The van der Waals surface area contributed by atoms with Crippen molar-refractivity contribution < 1.29 is 0 Å². The molecule has 0 fully saturated rings. The molecule has 0 aliphatic carbocycles. The maximum absolute atomic E-state index is 3.78. The Labute approximate surface area is 76.0 Å². The zero-order valence-electron chi connectivity index (χ0n) is 8.21. The van der Waals surface area contributed by atoms with Gasteiger partial charge in [-0.25, -0.2) is 0 Å². The molecule has 0 amide bonds. The number of nitrogens with one attached hydrogen (secondary N) is 1. The first-order chi connectivity index (χ1) is 5.76. The van der Waals surface area contributed by atoms with E-state index in [1.54, 1.807) is 6.20 Å². The van der Waals surface area contributed by atoms with E-state index in [1.807, 2.05) is 6.08 Å². The van der Waals surface area contributed by atoms with Crippen LogP contribution in [0.2, 0.25) is 0 Å². The summed E-state index contributed by atoms with van der Waals surface area (Å²) in [7, 11) is 0. The maximum Gasteiger partial charge on any atom is 0.0269 e. The molecule has 12 heavy (non-hydrogen) atoms. The van der Waals surface area contributed by atoms with Crippen molar-refractivity contribution in [1.82, 2.24) is 10.2 Å². The molecule has 1 N–H and O–H groups in total. The van der Waals surface area contributed by atoms with Crippen LogP contribution < -0.4 is 5.32 Å². The van der Waals surface area contributed by atoms with Crippen LogP contribution in [-0.4, -0.2) is 30.6 Å². The Morgan fingerprint density at radius 1 is 1.50 bits per heavy atom. The third kappa shape index (κ3) is 4.19. The lowest BCUT2D eigenvalue weighted by Crippen LogP contribution is -2.36. The van der Waals surface area contributed by atoms with E-state index in [-0.39, 0.29) is 0 Å². The summed E-state index contributed by atoms with van der Waals surface area (Å²) in [5, 5.41) is 3.08. The molecule has 0 heterocycles. The molecule has 0 spiro atoms. The van der Waals surface area contributed by atoms with Crippen molar-refractivity contribution in [2.75, 3.05) is 19.6 Å². The molecule has 1 atom stereocenters. The van der Waals surface area contributed by atoms with Crippen LogP contribution in [0.5, 0.6) is 0 Å². The molecule has 0 bridgehead atoms. The Bertz CT molecular complexity index is 132. The summed E-state index contributed by atoms with van der Waals surface area (Å²) in [6, 6.07) is 0.460. The lowest BCUT2D eigenvalue weighted by Gasteiger charge is -2.24. The molecule has 0 aromatic rings. The van der Waals surface area contributed by atoms with Crippen LogP contribution in [0.15, 0.2) is 25.4 Å². The largest absolute Gasteiger partial charge is 0.390 e. The van der Waals surface area contributed by atoms with Gasteiger partial charge in [-0.05, 0) is 19.7 Å². The molecule has 70 valence electrons. The van der Waals surface area contributed by atoms with Crippen LogP contribution in [0, 0.1) is 0 Å². The summed E-state index contributed by atoms with van der Waals surface area (Å²) in [6.45, 7) is 14.7. The minimum Gasteiger partial charge on any atom is -0.390 e. The number of likely N-dealkylation sites (N-methyl/N-ethyl adjacent to an activating group) is 1. The van der Waals surface area contributed by atoms with E-state index in [9.17, 15) is 0 Å². The fourth-order valence-electron chi connectivity index (χ4n) is 1.11. The molecule has 0 saturated carbocycles. The summed E-state index contributed by atoms with van der Waals surface area (Å²) in [5.41, 5.74) is 0. The standard InChI is InChI=1S/C10H20N2/c1-5-10(4)12(7-3)9-8-11-6-2/h5-6,10-11H,1-2,7-9H2,3-4H3. The Kier molecular flexibility index (Phi) is 6.48. The molecule has 2 heteroatoms. The summed E-state index contributed by atoms with van der Waals surface area (Å²) in [4.78, 5) is 2.35. The van der Waals surface area contributed by atoms with E-state index >= 15 is 0 Å². The molecule has 0 aromatic heterocycles.